The predicted molar refractivity (Wildman–Crippen MR) is 6.87 cm³/mol. The van der Waals surface area contributed by atoms with E-state index in [0.717, 1.165) is 0 Å². The van der Waals surface area contributed by atoms with Crippen LogP contribution in [-0.4, -0.2) is 17.4 Å². The van der Waals surface area contributed by atoms with Crippen molar-refractivity contribution in [2.24, 2.45) is 0 Å². The van der Waals surface area contributed by atoms with Crippen molar-refractivity contribution in [3.8, 4) is 0 Å². The van der Waals surface area contributed by atoms with Crippen molar-refractivity contribution in [3.05, 3.63) is 0 Å². The van der Waals surface area contributed by atoms with E-state index in [-0.39, 0.29) is 102 Å². The van der Waals surface area contributed by atoms with Crippen LogP contribution in [0.5, 0.6) is 0 Å². The van der Waals surface area contributed by atoms with Gasteiger partial charge in [0.1, 0.15) is 0 Å². The maximum Gasteiger partial charge on any atom is 3.00 e. The molecule has 5 heteroatoms. The van der Waals surface area contributed by atoms with E-state index in [2.05, 4.69) is 0 Å². The Kier molecular flexibility index (Phi) is 347. The van der Waals surface area contributed by atoms with Gasteiger partial charge in [-0.15, -0.1) is 0 Å². The van der Waals surface area contributed by atoms with Gasteiger partial charge < -0.3 is 15.5 Å². The summed E-state index contributed by atoms with van der Waals surface area (Å²) in [7, 11) is 0. The van der Waals surface area contributed by atoms with Crippen LogP contribution in [0, 0.1) is 0 Å². The van der Waals surface area contributed by atoms with Crippen LogP contribution in [0.2, 0.25) is 0 Å². The fourth-order valence-corrected chi connectivity index (χ4v) is 0. The molecule has 0 bridgehead atoms. The van der Waals surface area contributed by atoms with Gasteiger partial charge >= 0.3 is 86.3 Å². The van der Waals surface area contributed by atoms with Crippen LogP contribution in [0.1, 0.15) is 1.43 Å². The molecular formula is HAlCsF3. The van der Waals surface area contributed by atoms with Crippen molar-refractivity contribution in [3.63, 3.8) is 0 Å². The zero-order chi connectivity index (χ0) is 0. The monoisotopic (exact) mass is 218 g/mol. The van der Waals surface area contributed by atoms with Crippen molar-refractivity contribution in [1.82, 2.24) is 0 Å². The molecule has 0 aliphatic carbocycles. The molecule has 0 fully saturated rings. The molecule has 0 rings (SSSR count). The van der Waals surface area contributed by atoms with Crippen LogP contribution < -0.4 is 83.0 Å². The molecule has 0 aromatic carbocycles. The standard InChI is InChI=1S/Al.Cs.3FH.H/h;;3*1H;/q+3;+1;;;;-1/p-3. The van der Waals surface area contributed by atoms with E-state index in [1.165, 1.54) is 0 Å². The molecule has 0 saturated heterocycles. The van der Waals surface area contributed by atoms with Crippen molar-refractivity contribution in [1.29, 1.82) is 0 Å². The molecule has 0 spiro atoms. The molecule has 0 amide bonds. The smallest absolute Gasteiger partial charge is 1.00 e. The van der Waals surface area contributed by atoms with Crippen LogP contribution in [-0.2, 0) is 0 Å². The summed E-state index contributed by atoms with van der Waals surface area (Å²) in [5, 5.41) is 0. The minimum atomic E-state index is 0. The first-order chi connectivity index (χ1) is 0. The Labute approximate surface area is 99.2 Å². The second kappa shape index (κ2) is 32.7. The van der Waals surface area contributed by atoms with Gasteiger partial charge in [-0.05, 0) is 0 Å². The van der Waals surface area contributed by atoms with Gasteiger partial charge in [-0.2, -0.15) is 0 Å². The van der Waals surface area contributed by atoms with E-state index < -0.39 is 0 Å². The molecular weight excluding hydrogens is 217 g/mol. The zero-order valence-corrected chi connectivity index (χ0v) is 10.1. The van der Waals surface area contributed by atoms with Gasteiger partial charge in [-0.25, -0.2) is 0 Å². The van der Waals surface area contributed by atoms with E-state index in [4.69, 9.17) is 0 Å². The average molecular weight is 218 g/mol. The third-order valence-electron chi connectivity index (χ3n) is 0. The minimum absolute atomic E-state index is 0. The quantitative estimate of drug-likeness (QED) is 0.354. The Balaban J connectivity index is 0. The fourth-order valence-electron chi connectivity index (χ4n) is 0. The first-order valence-corrected chi connectivity index (χ1v) is 0. The molecule has 5 heavy (non-hydrogen) atoms. The summed E-state index contributed by atoms with van der Waals surface area (Å²) in [6.07, 6.45) is 0. The van der Waals surface area contributed by atoms with E-state index in [1.807, 2.05) is 0 Å². The average Bonchev–Trinajstić information content (AvgIpc) is 0. The summed E-state index contributed by atoms with van der Waals surface area (Å²) in [5.41, 5.74) is 0. The minimum Gasteiger partial charge on any atom is -1.00 e. The van der Waals surface area contributed by atoms with Gasteiger partial charge in [0.2, 0.25) is 0 Å². The number of rotatable bonds is 0. The molecule has 26 valence electrons. The molecule has 0 aliphatic rings. The van der Waals surface area contributed by atoms with E-state index in [1.54, 1.807) is 0 Å². The van der Waals surface area contributed by atoms with Crippen molar-refractivity contribution in [2.45, 2.75) is 0 Å². The first kappa shape index (κ1) is 53.1. The van der Waals surface area contributed by atoms with Crippen LogP contribution in [0.15, 0.2) is 0 Å². The second-order valence-corrected chi connectivity index (χ2v) is 0. The Bertz CT molecular complexity index is 10.8. The van der Waals surface area contributed by atoms with Crippen molar-refractivity contribution < 1.29 is 84.4 Å². The zero-order valence-electron chi connectivity index (χ0n) is 3.71. The Hall–Kier alpha value is 2.37. The molecule has 0 aromatic heterocycles. The maximum atomic E-state index is 0. The topological polar surface area (TPSA) is 0 Å². The molecule has 0 N–H and O–H groups in total. The van der Waals surface area contributed by atoms with E-state index in [0.29, 0.717) is 0 Å². The molecule has 0 heterocycles. The molecule has 0 saturated carbocycles. The summed E-state index contributed by atoms with van der Waals surface area (Å²) < 4.78 is 0. The van der Waals surface area contributed by atoms with Gasteiger partial charge in [-0.3, -0.25) is 0 Å². The summed E-state index contributed by atoms with van der Waals surface area (Å²) in [6.45, 7) is 0. The molecule has 0 unspecified atom stereocenters. The fraction of sp³-hybridized carbons (Fsp3) is 0. The summed E-state index contributed by atoms with van der Waals surface area (Å²) >= 11 is 0. The summed E-state index contributed by atoms with van der Waals surface area (Å²) in [5.74, 6) is 0. The molecule has 0 aliphatic heterocycles. The van der Waals surface area contributed by atoms with Gasteiger partial charge in [0.15, 0.2) is 0 Å². The predicted octanol–water partition coefficient (Wildman–Crippen LogP) is -12.3. The van der Waals surface area contributed by atoms with E-state index in [9.17, 15) is 0 Å². The third-order valence-corrected chi connectivity index (χ3v) is 0. The van der Waals surface area contributed by atoms with Crippen LogP contribution in [0.4, 0.5) is 0 Å². The Morgan fingerprint density at radius 1 is 0.800 bits per heavy atom. The van der Waals surface area contributed by atoms with Crippen LogP contribution >= 0.6 is 0 Å². The van der Waals surface area contributed by atoms with Gasteiger partial charge in [-0.1, -0.05) is 0 Å². The number of hydrogen-bond acceptors (Lipinski definition) is 0. The normalized spacial score (nSPS) is 0. The Morgan fingerprint density at radius 3 is 0.800 bits per heavy atom. The summed E-state index contributed by atoms with van der Waals surface area (Å²) in [6, 6.07) is 0. The molecule has 0 nitrogen and oxygen atoms in total. The summed E-state index contributed by atoms with van der Waals surface area (Å²) in [4.78, 5) is 0. The van der Waals surface area contributed by atoms with Gasteiger partial charge in [0.25, 0.3) is 0 Å². The first-order valence-electron chi connectivity index (χ1n) is 0. The van der Waals surface area contributed by atoms with Crippen molar-refractivity contribution in [2.75, 3.05) is 0 Å². The molecule has 0 atom stereocenters. The largest absolute Gasteiger partial charge is 3.00 e. The van der Waals surface area contributed by atoms with Crippen LogP contribution in [0.25, 0.3) is 0 Å². The maximum absolute atomic E-state index is 0. The SMILES string of the molecule is [Al+3].[Cs+].[F-].[F-].[F-].[H-]. The molecule has 0 aromatic rings. The van der Waals surface area contributed by atoms with Gasteiger partial charge in [0.05, 0.1) is 0 Å². The third kappa shape index (κ3) is 21.6. The number of halogens is 3. The van der Waals surface area contributed by atoms with E-state index >= 15 is 0 Å². The van der Waals surface area contributed by atoms with Crippen molar-refractivity contribution >= 4 is 17.4 Å². The Morgan fingerprint density at radius 2 is 0.800 bits per heavy atom. The van der Waals surface area contributed by atoms with Crippen LogP contribution in [0.3, 0.4) is 0 Å². The van der Waals surface area contributed by atoms with Gasteiger partial charge in [0, 0.05) is 0 Å². The number of hydrogen-bond donors (Lipinski definition) is 0. The molecule has 0 radical (unpaired) electrons. The second-order valence-electron chi connectivity index (χ2n) is 0.